The number of carbonyl (C=O) groups is 1. The molecule has 2 fully saturated rings. The van der Waals surface area contributed by atoms with Gasteiger partial charge in [0.1, 0.15) is 5.69 Å². The van der Waals surface area contributed by atoms with E-state index in [-0.39, 0.29) is 11.7 Å². The number of nitrogens with zero attached hydrogens (tertiary/aromatic N) is 2. The van der Waals surface area contributed by atoms with Crippen molar-refractivity contribution in [3.8, 4) is 5.88 Å². The summed E-state index contributed by atoms with van der Waals surface area (Å²) < 4.78 is 4.94. The third-order valence-corrected chi connectivity index (χ3v) is 3.95. The predicted octanol–water partition coefficient (Wildman–Crippen LogP) is 1.20. The van der Waals surface area contributed by atoms with Crippen LogP contribution in [-0.4, -0.2) is 35.2 Å². The Morgan fingerprint density at radius 3 is 2.56 bits per heavy atom. The second-order valence-corrected chi connectivity index (χ2v) is 5.13. The van der Waals surface area contributed by atoms with E-state index in [1.807, 2.05) is 0 Å². The van der Waals surface area contributed by atoms with Crippen molar-refractivity contribution >= 4 is 5.78 Å². The molecule has 96 valence electrons. The van der Waals surface area contributed by atoms with Crippen LogP contribution in [0.1, 0.15) is 36.2 Å². The van der Waals surface area contributed by atoms with Gasteiger partial charge in [0.05, 0.1) is 7.11 Å². The van der Waals surface area contributed by atoms with Gasteiger partial charge in [-0.15, -0.1) is 10.2 Å². The minimum Gasteiger partial charge on any atom is -0.480 e. The third kappa shape index (κ3) is 2.10. The van der Waals surface area contributed by atoms with Crippen LogP contribution in [0, 0.1) is 5.92 Å². The number of rotatable bonds is 3. The van der Waals surface area contributed by atoms with Crippen LogP contribution in [0.4, 0.5) is 0 Å². The number of methoxy groups -OCH3 is 1. The molecule has 2 saturated heterocycles. The van der Waals surface area contributed by atoms with E-state index in [0.29, 0.717) is 23.7 Å². The number of carbonyl (C=O) groups excluding carboxylic acids is 1. The smallest absolute Gasteiger partial charge is 0.233 e. The van der Waals surface area contributed by atoms with Gasteiger partial charge in [0.2, 0.25) is 5.88 Å². The van der Waals surface area contributed by atoms with E-state index >= 15 is 0 Å². The molecular formula is C13H17N3O2. The highest BCUT2D eigenvalue weighted by molar-refractivity contribution is 5.96. The Morgan fingerprint density at radius 2 is 2.00 bits per heavy atom. The van der Waals surface area contributed by atoms with E-state index < -0.39 is 0 Å². The highest BCUT2D eigenvalue weighted by Crippen LogP contribution is 2.32. The quantitative estimate of drug-likeness (QED) is 0.813. The summed E-state index contributed by atoms with van der Waals surface area (Å²) in [5, 5.41) is 11.3. The van der Waals surface area contributed by atoms with Crippen molar-refractivity contribution < 1.29 is 9.53 Å². The highest BCUT2D eigenvalue weighted by Gasteiger charge is 2.37. The van der Waals surface area contributed by atoms with Crippen molar-refractivity contribution in [2.45, 2.75) is 37.8 Å². The first-order valence-corrected chi connectivity index (χ1v) is 6.44. The first-order chi connectivity index (χ1) is 8.76. The molecule has 2 atom stereocenters. The molecule has 5 nitrogen and oxygen atoms in total. The lowest BCUT2D eigenvalue weighted by Crippen LogP contribution is -2.40. The first kappa shape index (κ1) is 11.6. The molecule has 2 bridgehead atoms. The van der Waals surface area contributed by atoms with Gasteiger partial charge in [-0.25, -0.2) is 0 Å². The van der Waals surface area contributed by atoms with Crippen LogP contribution < -0.4 is 10.1 Å². The van der Waals surface area contributed by atoms with Crippen molar-refractivity contribution in [2.75, 3.05) is 7.11 Å². The molecule has 1 aromatic heterocycles. The Labute approximate surface area is 106 Å². The van der Waals surface area contributed by atoms with Gasteiger partial charge in [0.25, 0.3) is 0 Å². The summed E-state index contributed by atoms with van der Waals surface area (Å²) in [6, 6.07) is 4.43. The fourth-order valence-electron chi connectivity index (χ4n) is 3.04. The average Bonchev–Trinajstić information content (AvgIpc) is 2.77. The minimum atomic E-state index is 0.103. The van der Waals surface area contributed by atoms with Gasteiger partial charge >= 0.3 is 0 Å². The zero-order chi connectivity index (χ0) is 12.5. The van der Waals surface area contributed by atoms with Gasteiger partial charge in [-0.05, 0) is 31.7 Å². The van der Waals surface area contributed by atoms with Crippen LogP contribution in [0.5, 0.6) is 5.88 Å². The van der Waals surface area contributed by atoms with E-state index in [1.54, 1.807) is 12.1 Å². The van der Waals surface area contributed by atoms with Crippen LogP contribution in [-0.2, 0) is 0 Å². The number of Topliss-reactive ketones (excluding diaryl/α,β-unsaturated/α-hetero) is 1. The summed E-state index contributed by atoms with van der Waals surface area (Å²) in [6.07, 6.45) is 4.26. The maximum Gasteiger partial charge on any atom is 0.233 e. The van der Waals surface area contributed by atoms with Gasteiger partial charge in [0.15, 0.2) is 5.78 Å². The van der Waals surface area contributed by atoms with Crippen molar-refractivity contribution in [3.05, 3.63) is 17.8 Å². The first-order valence-electron chi connectivity index (χ1n) is 6.44. The molecule has 0 aliphatic carbocycles. The number of nitrogens with one attached hydrogen (secondary N) is 1. The minimum absolute atomic E-state index is 0.103. The number of aromatic nitrogens is 2. The lowest BCUT2D eigenvalue weighted by atomic mass is 9.87. The maximum atomic E-state index is 12.3. The fourth-order valence-corrected chi connectivity index (χ4v) is 3.04. The molecule has 18 heavy (non-hydrogen) atoms. The van der Waals surface area contributed by atoms with Crippen molar-refractivity contribution in [1.29, 1.82) is 0 Å². The lowest BCUT2D eigenvalue weighted by Gasteiger charge is -2.27. The number of ether oxygens (including phenoxy) is 1. The van der Waals surface area contributed by atoms with Gasteiger partial charge in [0, 0.05) is 24.1 Å². The number of ketones is 1. The van der Waals surface area contributed by atoms with E-state index in [2.05, 4.69) is 15.5 Å². The van der Waals surface area contributed by atoms with Crippen LogP contribution in [0.3, 0.4) is 0 Å². The van der Waals surface area contributed by atoms with Crippen molar-refractivity contribution in [3.63, 3.8) is 0 Å². The third-order valence-electron chi connectivity index (χ3n) is 3.95. The highest BCUT2D eigenvalue weighted by atomic mass is 16.5. The predicted molar refractivity (Wildman–Crippen MR) is 65.6 cm³/mol. The standard InChI is InChI=1S/C13H17N3O2/c1-18-12-5-4-11(15-16-12)13(17)8-6-9-2-3-10(7-8)14-9/h4-5,8-10,14H,2-3,6-7H2,1H3. The van der Waals surface area contributed by atoms with E-state index in [0.717, 1.165) is 12.8 Å². The second kappa shape index (κ2) is 4.65. The Morgan fingerprint density at radius 1 is 1.28 bits per heavy atom. The summed E-state index contributed by atoms with van der Waals surface area (Å²) in [7, 11) is 1.54. The summed E-state index contributed by atoms with van der Waals surface area (Å²) in [5.41, 5.74) is 0.460. The normalized spacial score (nSPS) is 30.2. The van der Waals surface area contributed by atoms with E-state index in [1.165, 1.54) is 20.0 Å². The molecule has 2 unspecified atom stereocenters. The van der Waals surface area contributed by atoms with E-state index in [4.69, 9.17) is 4.74 Å². The molecule has 0 aromatic carbocycles. The van der Waals surface area contributed by atoms with Crippen LogP contribution in [0.25, 0.3) is 0 Å². The summed E-state index contributed by atoms with van der Waals surface area (Å²) >= 11 is 0. The van der Waals surface area contributed by atoms with Crippen molar-refractivity contribution in [1.82, 2.24) is 15.5 Å². The molecule has 0 spiro atoms. The van der Waals surface area contributed by atoms with Crippen LogP contribution in [0.2, 0.25) is 0 Å². The fraction of sp³-hybridized carbons (Fsp3) is 0.615. The molecule has 0 saturated carbocycles. The Balaban J connectivity index is 1.73. The Kier molecular flexibility index (Phi) is 2.99. The zero-order valence-electron chi connectivity index (χ0n) is 10.4. The molecule has 2 aliphatic rings. The van der Waals surface area contributed by atoms with Gasteiger partial charge in [-0.1, -0.05) is 0 Å². The largest absolute Gasteiger partial charge is 0.480 e. The SMILES string of the molecule is COc1ccc(C(=O)C2CC3CCC(C2)N3)nn1. The topological polar surface area (TPSA) is 64.1 Å². The maximum absolute atomic E-state index is 12.3. The zero-order valence-corrected chi connectivity index (χ0v) is 10.4. The van der Waals surface area contributed by atoms with Crippen molar-refractivity contribution in [2.24, 2.45) is 5.92 Å². The number of fused-ring (bicyclic) bond motifs is 2. The van der Waals surface area contributed by atoms with Crippen LogP contribution >= 0.6 is 0 Å². The Hall–Kier alpha value is -1.49. The molecule has 5 heteroatoms. The summed E-state index contributed by atoms with van der Waals surface area (Å²) in [6.45, 7) is 0. The number of piperidine rings is 1. The summed E-state index contributed by atoms with van der Waals surface area (Å²) in [4.78, 5) is 12.3. The van der Waals surface area contributed by atoms with E-state index in [9.17, 15) is 4.79 Å². The monoisotopic (exact) mass is 247 g/mol. The molecule has 3 heterocycles. The molecule has 1 N–H and O–H groups in total. The van der Waals surface area contributed by atoms with Gasteiger partial charge in [-0.2, -0.15) is 0 Å². The molecule has 3 rings (SSSR count). The average molecular weight is 247 g/mol. The molecule has 0 radical (unpaired) electrons. The lowest BCUT2D eigenvalue weighted by molar-refractivity contribution is 0.0869. The molecule has 1 aromatic rings. The summed E-state index contributed by atoms with van der Waals surface area (Å²) in [5.74, 6) is 0.673. The van der Waals surface area contributed by atoms with Crippen LogP contribution in [0.15, 0.2) is 12.1 Å². The second-order valence-electron chi connectivity index (χ2n) is 5.13. The number of hydrogen-bond donors (Lipinski definition) is 1. The number of hydrogen-bond acceptors (Lipinski definition) is 5. The Bertz CT molecular complexity index is 434. The van der Waals surface area contributed by atoms with Gasteiger partial charge < -0.3 is 10.1 Å². The molecule has 2 aliphatic heterocycles. The molecule has 0 amide bonds. The van der Waals surface area contributed by atoms with Gasteiger partial charge in [-0.3, -0.25) is 4.79 Å². The molecular weight excluding hydrogens is 230 g/mol.